The molecule has 0 spiro atoms. The van der Waals surface area contributed by atoms with Crippen molar-refractivity contribution in [2.75, 3.05) is 13.9 Å². The fraction of sp³-hybridized carbons (Fsp3) is 0.483. The van der Waals surface area contributed by atoms with Gasteiger partial charge in [0.15, 0.2) is 13.1 Å². The van der Waals surface area contributed by atoms with Gasteiger partial charge in [0, 0.05) is 12.7 Å². The quantitative estimate of drug-likeness (QED) is 0.347. The first-order chi connectivity index (χ1) is 16.4. The van der Waals surface area contributed by atoms with Gasteiger partial charge in [-0.25, -0.2) is 4.79 Å². The number of carboxylic acid groups (broad SMARTS) is 1. The zero-order chi connectivity index (χ0) is 23.7. The molecule has 0 amide bonds. The Hall–Kier alpha value is -2.63. The summed E-state index contributed by atoms with van der Waals surface area (Å²) in [6.45, 7) is 2.03. The summed E-state index contributed by atoms with van der Waals surface area (Å²) in [6, 6.07) is 13.4. The van der Waals surface area contributed by atoms with Crippen molar-refractivity contribution in [1.82, 2.24) is 0 Å². The van der Waals surface area contributed by atoms with Crippen LogP contribution in [0.3, 0.4) is 0 Å². The van der Waals surface area contributed by atoms with Gasteiger partial charge >= 0.3 is 5.97 Å². The highest BCUT2D eigenvalue weighted by Gasteiger charge is 2.52. The first-order valence-electron chi connectivity index (χ1n) is 12.4. The van der Waals surface area contributed by atoms with Crippen molar-refractivity contribution in [3.63, 3.8) is 0 Å². The monoisotopic (exact) mass is 462 g/mol. The van der Waals surface area contributed by atoms with Crippen molar-refractivity contribution in [2.24, 2.45) is 17.8 Å². The van der Waals surface area contributed by atoms with Crippen molar-refractivity contribution in [2.45, 2.75) is 57.2 Å². The van der Waals surface area contributed by atoms with E-state index in [1.165, 1.54) is 44.1 Å². The van der Waals surface area contributed by atoms with Crippen molar-refractivity contribution < 1.29 is 24.1 Å². The van der Waals surface area contributed by atoms with Crippen molar-refractivity contribution in [1.29, 1.82) is 0 Å². The Morgan fingerprint density at radius 1 is 1.00 bits per heavy atom. The van der Waals surface area contributed by atoms with Gasteiger partial charge < -0.3 is 19.3 Å². The highest BCUT2D eigenvalue weighted by Crippen LogP contribution is 2.62. The number of benzene rings is 2. The van der Waals surface area contributed by atoms with Gasteiger partial charge in [-0.1, -0.05) is 30.4 Å². The maximum Gasteiger partial charge on any atom is 0.335 e. The second-order valence-corrected chi connectivity index (χ2v) is 10.4. The Kier molecular flexibility index (Phi) is 6.50. The van der Waals surface area contributed by atoms with Gasteiger partial charge in [-0.15, -0.1) is 0 Å². The molecular weight excluding hydrogens is 428 g/mol. The molecule has 0 saturated heterocycles. The van der Waals surface area contributed by atoms with Crippen molar-refractivity contribution in [3.8, 4) is 5.75 Å². The van der Waals surface area contributed by atoms with E-state index in [-0.39, 0.29) is 18.5 Å². The van der Waals surface area contributed by atoms with Crippen LogP contribution in [0.15, 0.2) is 42.5 Å². The number of rotatable bonds is 9. The number of carboxylic acids is 1. The average Bonchev–Trinajstić information content (AvgIpc) is 2.82. The van der Waals surface area contributed by atoms with Gasteiger partial charge in [0.05, 0.1) is 5.56 Å². The molecule has 4 aliphatic carbocycles. The predicted octanol–water partition coefficient (Wildman–Crippen LogP) is 6.37. The van der Waals surface area contributed by atoms with E-state index in [0.29, 0.717) is 5.56 Å². The molecule has 1 unspecified atom stereocenters. The number of hydrogen-bond donors (Lipinski definition) is 1. The summed E-state index contributed by atoms with van der Waals surface area (Å²) in [7, 11) is 1.63. The van der Waals surface area contributed by atoms with Gasteiger partial charge in [-0.2, -0.15) is 0 Å². The van der Waals surface area contributed by atoms with Gasteiger partial charge in [0.1, 0.15) is 5.75 Å². The number of ether oxygens (including phenoxy) is 3. The Bertz CT molecular complexity index is 1020. The van der Waals surface area contributed by atoms with E-state index < -0.39 is 5.97 Å². The summed E-state index contributed by atoms with van der Waals surface area (Å²) in [5.41, 5.74) is 3.93. The molecule has 0 radical (unpaired) electrons. The molecule has 1 N–H and O–H groups in total. The molecule has 4 fully saturated rings. The van der Waals surface area contributed by atoms with Crippen LogP contribution < -0.4 is 4.74 Å². The van der Waals surface area contributed by atoms with Crippen LogP contribution in [0.25, 0.3) is 12.2 Å². The van der Waals surface area contributed by atoms with Crippen molar-refractivity contribution in [3.05, 3.63) is 64.7 Å². The minimum atomic E-state index is -0.907. The molecule has 0 heterocycles. The van der Waals surface area contributed by atoms with E-state index in [1.807, 2.05) is 25.1 Å². The Labute approximate surface area is 201 Å². The highest BCUT2D eigenvalue weighted by atomic mass is 16.7. The Balaban J connectivity index is 1.42. The third kappa shape index (κ3) is 4.77. The van der Waals surface area contributed by atoms with Crippen LogP contribution in [-0.4, -0.2) is 31.3 Å². The summed E-state index contributed by atoms with van der Waals surface area (Å²) in [4.78, 5) is 11.1. The van der Waals surface area contributed by atoms with Crippen LogP contribution in [0, 0.1) is 17.8 Å². The van der Waals surface area contributed by atoms with E-state index >= 15 is 0 Å². The fourth-order valence-electron chi connectivity index (χ4n) is 6.82. The summed E-state index contributed by atoms with van der Waals surface area (Å²) in [6.07, 6.45) is 11.8. The minimum absolute atomic E-state index is 0.166. The SMILES string of the molecule is COC(C)OCOc1ccc(/C=C/c2ccc(C(=O)O)cc2)cc1C12CC3CC(CC(C3)C1)C2. The normalized spacial score (nSPS) is 28.4. The predicted molar refractivity (Wildman–Crippen MR) is 132 cm³/mol. The lowest BCUT2D eigenvalue weighted by molar-refractivity contribution is -0.150. The average molecular weight is 463 g/mol. The lowest BCUT2D eigenvalue weighted by Crippen LogP contribution is -2.48. The summed E-state index contributed by atoms with van der Waals surface area (Å²) in [5.74, 6) is 2.55. The van der Waals surface area contributed by atoms with Crippen LogP contribution in [-0.2, 0) is 14.9 Å². The maximum atomic E-state index is 11.1. The van der Waals surface area contributed by atoms with E-state index in [9.17, 15) is 4.79 Å². The van der Waals surface area contributed by atoms with Crippen LogP contribution in [0.1, 0.15) is 72.5 Å². The Morgan fingerprint density at radius 2 is 1.59 bits per heavy atom. The molecule has 34 heavy (non-hydrogen) atoms. The molecule has 4 aliphatic rings. The molecule has 2 aromatic rings. The second kappa shape index (κ2) is 9.55. The van der Waals surface area contributed by atoms with E-state index in [1.54, 1.807) is 19.2 Å². The zero-order valence-corrected chi connectivity index (χ0v) is 20.0. The van der Waals surface area contributed by atoms with Gasteiger partial charge in [0.2, 0.25) is 0 Å². The third-order valence-corrected chi connectivity index (χ3v) is 8.09. The van der Waals surface area contributed by atoms with Crippen LogP contribution in [0.4, 0.5) is 0 Å². The lowest BCUT2D eigenvalue weighted by Gasteiger charge is -2.57. The van der Waals surface area contributed by atoms with Gasteiger partial charge in [-0.05, 0) is 104 Å². The molecular formula is C29H34O5. The van der Waals surface area contributed by atoms with E-state index in [4.69, 9.17) is 19.3 Å². The topological polar surface area (TPSA) is 65.0 Å². The number of carbonyl (C=O) groups is 1. The van der Waals surface area contributed by atoms with Crippen LogP contribution in [0.2, 0.25) is 0 Å². The maximum absolute atomic E-state index is 11.1. The molecule has 0 aromatic heterocycles. The van der Waals surface area contributed by atoms with E-state index in [0.717, 1.165) is 34.6 Å². The first kappa shape index (κ1) is 23.1. The number of aromatic carboxylic acids is 1. The largest absolute Gasteiger partial charge is 0.478 e. The lowest BCUT2D eigenvalue weighted by atomic mass is 9.48. The number of methoxy groups -OCH3 is 1. The van der Waals surface area contributed by atoms with Crippen LogP contribution in [0.5, 0.6) is 5.75 Å². The molecule has 2 aromatic carbocycles. The third-order valence-electron chi connectivity index (χ3n) is 8.09. The Morgan fingerprint density at radius 3 is 2.18 bits per heavy atom. The molecule has 5 nitrogen and oxygen atoms in total. The molecule has 1 atom stereocenters. The zero-order valence-electron chi connectivity index (χ0n) is 20.0. The molecule has 5 heteroatoms. The smallest absolute Gasteiger partial charge is 0.335 e. The second-order valence-electron chi connectivity index (χ2n) is 10.4. The standard InChI is InChI=1S/C29H34O5/c1-19(32-2)33-18-34-27-10-7-21(4-3-20-5-8-25(9-6-20)28(30)31)14-26(27)29-15-22-11-23(16-29)13-24(12-22)17-29/h3-10,14,19,22-24H,11-13,15-18H2,1-2H3,(H,30,31)/b4-3+. The van der Waals surface area contributed by atoms with Gasteiger partial charge in [0.25, 0.3) is 0 Å². The molecule has 4 saturated carbocycles. The molecule has 0 aliphatic heterocycles. The van der Waals surface area contributed by atoms with E-state index in [2.05, 4.69) is 24.3 Å². The number of hydrogen-bond acceptors (Lipinski definition) is 4. The molecule has 6 rings (SSSR count). The summed E-state index contributed by atoms with van der Waals surface area (Å²) >= 11 is 0. The first-order valence-corrected chi connectivity index (χ1v) is 12.4. The van der Waals surface area contributed by atoms with Crippen molar-refractivity contribution >= 4 is 18.1 Å². The fourth-order valence-corrected chi connectivity index (χ4v) is 6.82. The van der Waals surface area contributed by atoms with Crippen LogP contribution >= 0.6 is 0 Å². The molecule has 4 bridgehead atoms. The summed E-state index contributed by atoms with van der Waals surface area (Å²) in [5, 5.41) is 9.12. The molecule has 180 valence electrons. The highest BCUT2D eigenvalue weighted by molar-refractivity contribution is 5.88. The minimum Gasteiger partial charge on any atom is -0.478 e. The summed E-state index contributed by atoms with van der Waals surface area (Å²) < 4.78 is 17.0. The van der Waals surface area contributed by atoms with Gasteiger partial charge in [-0.3, -0.25) is 0 Å².